The monoisotopic (exact) mass is 276 g/mol. The quantitative estimate of drug-likeness (QED) is 0.881. The van der Waals surface area contributed by atoms with Crippen LogP contribution in [0.25, 0.3) is 11.0 Å². The molecule has 2 aromatic rings. The number of aromatic amines is 1. The van der Waals surface area contributed by atoms with Gasteiger partial charge in [-0.25, -0.2) is 9.59 Å². The van der Waals surface area contributed by atoms with Crippen molar-refractivity contribution in [3.63, 3.8) is 0 Å². The van der Waals surface area contributed by atoms with Crippen LogP contribution in [0.5, 0.6) is 0 Å². The number of imidazole rings is 1. The lowest BCUT2D eigenvalue weighted by atomic mass is 10.0. The number of carbonyl (C=O) groups is 1. The molecule has 0 aliphatic carbocycles. The number of benzene rings is 1. The van der Waals surface area contributed by atoms with Gasteiger partial charge in [-0.1, -0.05) is 19.9 Å². The maximum atomic E-state index is 12.1. The fourth-order valence-corrected chi connectivity index (χ4v) is 2.48. The fourth-order valence-electron chi connectivity index (χ4n) is 2.48. The van der Waals surface area contributed by atoms with Gasteiger partial charge in [0.2, 0.25) is 0 Å². The third-order valence-corrected chi connectivity index (χ3v) is 3.57. The van der Waals surface area contributed by atoms with E-state index in [9.17, 15) is 14.7 Å². The Bertz CT molecular complexity index is 682. The lowest BCUT2D eigenvalue weighted by molar-refractivity contribution is 0.0698. The number of nitrogens with one attached hydrogen (secondary N) is 1. The Morgan fingerprint density at radius 2 is 2.00 bits per heavy atom. The minimum atomic E-state index is -1.01. The molecule has 2 rings (SSSR count). The van der Waals surface area contributed by atoms with Crippen molar-refractivity contribution in [2.24, 2.45) is 5.92 Å². The summed E-state index contributed by atoms with van der Waals surface area (Å²) >= 11 is 0. The number of hydrogen-bond donors (Lipinski definition) is 2. The van der Waals surface area contributed by atoms with Crippen molar-refractivity contribution in [2.75, 3.05) is 0 Å². The van der Waals surface area contributed by atoms with E-state index >= 15 is 0 Å². The second kappa shape index (κ2) is 5.53. The summed E-state index contributed by atoms with van der Waals surface area (Å²) in [4.78, 5) is 26.2. The number of nitrogens with zero attached hydrogens (tertiary/aromatic N) is 1. The molecule has 0 saturated carbocycles. The molecule has 1 aromatic carbocycles. The number of hydrogen-bond acceptors (Lipinski definition) is 2. The SMILES string of the molecule is CC(C)CCC(C)n1c(=O)[nH]c2cccc(C(=O)O)c21. The van der Waals surface area contributed by atoms with Crippen molar-refractivity contribution in [3.8, 4) is 0 Å². The van der Waals surface area contributed by atoms with Crippen LogP contribution in [0.3, 0.4) is 0 Å². The van der Waals surface area contributed by atoms with Crippen molar-refractivity contribution >= 4 is 17.0 Å². The zero-order chi connectivity index (χ0) is 14.9. The number of carboxylic acids is 1. The molecule has 0 spiro atoms. The first-order valence-electron chi connectivity index (χ1n) is 6.88. The number of carboxylic acid groups (broad SMARTS) is 1. The van der Waals surface area contributed by atoms with Crippen LogP contribution in [0.2, 0.25) is 0 Å². The maximum absolute atomic E-state index is 12.1. The van der Waals surface area contributed by atoms with Gasteiger partial charge in [0.15, 0.2) is 0 Å². The van der Waals surface area contributed by atoms with E-state index < -0.39 is 5.97 Å². The summed E-state index contributed by atoms with van der Waals surface area (Å²) in [6.07, 6.45) is 1.84. The van der Waals surface area contributed by atoms with Crippen molar-refractivity contribution < 1.29 is 9.90 Å². The van der Waals surface area contributed by atoms with Gasteiger partial charge in [-0.05, 0) is 37.8 Å². The molecule has 0 fully saturated rings. The molecular weight excluding hydrogens is 256 g/mol. The predicted molar refractivity (Wildman–Crippen MR) is 78.3 cm³/mol. The van der Waals surface area contributed by atoms with E-state index in [1.54, 1.807) is 16.7 Å². The highest BCUT2D eigenvalue weighted by atomic mass is 16.4. The first-order chi connectivity index (χ1) is 9.41. The molecule has 5 heteroatoms. The van der Waals surface area contributed by atoms with E-state index in [4.69, 9.17) is 0 Å². The summed E-state index contributed by atoms with van der Waals surface area (Å²) in [5.41, 5.74) is 0.981. The standard InChI is InChI=1S/C15H20N2O3/c1-9(2)7-8-10(3)17-13-11(14(18)19)5-4-6-12(13)16-15(17)20/h4-6,9-10H,7-8H2,1-3H3,(H,16,20)(H,18,19). The first kappa shape index (κ1) is 14.4. The zero-order valence-electron chi connectivity index (χ0n) is 12.0. The molecule has 1 unspecified atom stereocenters. The number of H-pyrrole nitrogens is 1. The molecule has 5 nitrogen and oxygen atoms in total. The minimum absolute atomic E-state index is 0.0286. The molecule has 2 N–H and O–H groups in total. The van der Waals surface area contributed by atoms with Crippen LogP contribution in [0.15, 0.2) is 23.0 Å². The van der Waals surface area contributed by atoms with E-state index in [-0.39, 0.29) is 17.3 Å². The van der Waals surface area contributed by atoms with Gasteiger partial charge in [0.25, 0.3) is 0 Å². The Labute approximate surface area is 117 Å². The van der Waals surface area contributed by atoms with Crippen LogP contribution in [0, 0.1) is 5.92 Å². The van der Waals surface area contributed by atoms with Gasteiger partial charge in [0.1, 0.15) is 0 Å². The van der Waals surface area contributed by atoms with Gasteiger partial charge in [-0.15, -0.1) is 0 Å². The van der Waals surface area contributed by atoms with Crippen molar-refractivity contribution in [1.82, 2.24) is 9.55 Å². The maximum Gasteiger partial charge on any atom is 0.337 e. The Balaban J connectivity index is 2.54. The average molecular weight is 276 g/mol. The Morgan fingerprint density at radius 3 is 2.60 bits per heavy atom. The number of para-hydroxylation sites is 1. The smallest absolute Gasteiger partial charge is 0.337 e. The average Bonchev–Trinajstić information content (AvgIpc) is 2.71. The van der Waals surface area contributed by atoms with Gasteiger partial charge in [0.05, 0.1) is 16.6 Å². The van der Waals surface area contributed by atoms with E-state index in [0.717, 1.165) is 12.8 Å². The van der Waals surface area contributed by atoms with Gasteiger partial charge in [-0.2, -0.15) is 0 Å². The summed E-state index contributed by atoms with van der Waals surface area (Å²) in [6.45, 7) is 6.22. The van der Waals surface area contributed by atoms with Crippen LogP contribution in [-0.4, -0.2) is 20.6 Å². The summed E-state index contributed by atoms with van der Waals surface area (Å²) in [7, 11) is 0. The van der Waals surface area contributed by atoms with Crippen LogP contribution in [0.4, 0.5) is 0 Å². The highest BCUT2D eigenvalue weighted by Gasteiger charge is 2.18. The molecular formula is C15H20N2O3. The highest BCUT2D eigenvalue weighted by molar-refractivity contribution is 6.01. The van der Waals surface area contributed by atoms with Gasteiger partial charge in [0, 0.05) is 6.04 Å². The number of aromatic nitrogens is 2. The number of aromatic carboxylic acids is 1. The third-order valence-electron chi connectivity index (χ3n) is 3.57. The lowest BCUT2D eigenvalue weighted by Gasteiger charge is -2.15. The van der Waals surface area contributed by atoms with Crippen molar-refractivity contribution in [3.05, 3.63) is 34.2 Å². The normalized spacial score (nSPS) is 13.0. The topological polar surface area (TPSA) is 75.1 Å². The molecule has 1 aromatic heterocycles. The van der Waals surface area contributed by atoms with Gasteiger partial charge >= 0.3 is 11.7 Å². The number of rotatable bonds is 5. The molecule has 20 heavy (non-hydrogen) atoms. The zero-order valence-corrected chi connectivity index (χ0v) is 12.0. The van der Waals surface area contributed by atoms with Crippen LogP contribution < -0.4 is 5.69 Å². The molecule has 1 atom stereocenters. The van der Waals surface area contributed by atoms with Crippen molar-refractivity contribution in [2.45, 2.75) is 39.7 Å². The van der Waals surface area contributed by atoms with Crippen LogP contribution in [-0.2, 0) is 0 Å². The third kappa shape index (κ3) is 2.61. The van der Waals surface area contributed by atoms with Crippen molar-refractivity contribution in [1.29, 1.82) is 0 Å². The second-order valence-electron chi connectivity index (χ2n) is 5.63. The Morgan fingerprint density at radius 1 is 1.30 bits per heavy atom. The molecule has 1 heterocycles. The number of fused-ring (bicyclic) bond motifs is 1. The Kier molecular flexibility index (Phi) is 3.97. The van der Waals surface area contributed by atoms with E-state index in [2.05, 4.69) is 18.8 Å². The molecule has 0 radical (unpaired) electrons. The summed E-state index contributed by atoms with van der Waals surface area (Å²) in [6, 6.07) is 4.88. The van der Waals surface area contributed by atoms with Gasteiger partial charge in [-0.3, -0.25) is 4.57 Å². The predicted octanol–water partition coefficient (Wildman–Crippen LogP) is 3.03. The minimum Gasteiger partial charge on any atom is -0.478 e. The fraction of sp³-hybridized carbons (Fsp3) is 0.467. The highest BCUT2D eigenvalue weighted by Crippen LogP contribution is 2.23. The Hall–Kier alpha value is -2.04. The second-order valence-corrected chi connectivity index (χ2v) is 5.63. The summed E-state index contributed by atoms with van der Waals surface area (Å²) in [5, 5.41) is 9.29. The van der Waals surface area contributed by atoms with E-state index in [1.807, 2.05) is 6.92 Å². The summed E-state index contributed by atoms with van der Waals surface area (Å²) < 4.78 is 1.57. The van der Waals surface area contributed by atoms with E-state index in [1.165, 1.54) is 6.07 Å². The molecule has 0 aliphatic rings. The molecule has 0 bridgehead atoms. The summed E-state index contributed by atoms with van der Waals surface area (Å²) in [5.74, 6) is -0.461. The van der Waals surface area contributed by atoms with Crippen LogP contribution >= 0.6 is 0 Å². The van der Waals surface area contributed by atoms with E-state index in [0.29, 0.717) is 17.0 Å². The lowest BCUT2D eigenvalue weighted by Crippen LogP contribution is -2.21. The molecule has 0 aliphatic heterocycles. The first-order valence-corrected chi connectivity index (χ1v) is 6.88. The molecule has 0 amide bonds. The van der Waals surface area contributed by atoms with Crippen LogP contribution in [0.1, 0.15) is 50.0 Å². The largest absolute Gasteiger partial charge is 0.478 e. The molecule has 0 saturated heterocycles. The molecule has 108 valence electrons. The van der Waals surface area contributed by atoms with Gasteiger partial charge < -0.3 is 10.1 Å².